The lowest BCUT2D eigenvalue weighted by molar-refractivity contribution is 0.369. The molecule has 0 aliphatic heterocycles. The summed E-state index contributed by atoms with van der Waals surface area (Å²) in [6.45, 7) is 6.63. The van der Waals surface area contributed by atoms with Crippen LogP contribution < -0.4 is 5.56 Å². The van der Waals surface area contributed by atoms with Gasteiger partial charge >= 0.3 is 0 Å². The minimum absolute atomic E-state index is 0.0775. The molecule has 4 rings (SSSR count). The van der Waals surface area contributed by atoms with Crippen molar-refractivity contribution in [1.82, 2.24) is 19.7 Å². The van der Waals surface area contributed by atoms with Crippen LogP contribution in [-0.4, -0.2) is 19.7 Å². The van der Waals surface area contributed by atoms with Crippen molar-refractivity contribution in [2.24, 2.45) is 0 Å². The number of halogens is 1. The van der Waals surface area contributed by atoms with Crippen molar-refractivity contribution >= 4 is 22.5 Å². The third kappa shape index (κ3) is 3.55. The molecule has 2 aromatic carbocycles. The highest BCUT2D eigenvalue weighted by molar-refractivity contribution is 6.31. The Morgan fingerprint density at radius 3 is 2.57 bits per heavy atom. The fourth-order valence-corrected chi connectivity index (χ4v) is 3.12. The summed E-state index contributed by atoms with van der Waals surface area (Å²) in [7, 11) is 0. The van der Waals surface area contributed by atoms with E-state index in [4.69, 9.17) is 16.1 Å². The van der Waals surface area contributed by atoms with Crippen molar-refractivity contribution < 1.29 is 4.52 Å². The molecule has 7 heteroatoms. The molecule has 0 amide bonds. The van der Waals surface area contributed by atoms with Gasteiger partial charge in [0.2, 0.25) is 11.7 Å². The number of rotatable bonds is 3. The molecular formula is C21H19ClN4O2. The van der Waals surface area contributed by atoms with E-state index in [1.165, 1.54) is 16.5 Å². The first-order chi connectivity index (χ1) is 13.3. The second kappa shape index (κ2) is 6.87. The van der Waals surface area contributed by atoms with Crippen LogP contribution in [0.3, 0.4) is 0 Å². The zero-order chi connectivity index (χ0) is 19.9. The van der Waals surface area contributed by atoms with E-state index in [0.29, 0.717) is 27.6 Å². The second-order valence-electron chi connectivity index (χ2n) is 7.68. The van der Waals surface area contributed by atoms with Gasteiger partial charge in [-0.2, -0.15) is 4.98 Å². The lowest BCUT2D eigenvalue weighted by Crippen LogP contribution is -2.21. The van der Waals surface area contributed by atoms with Crippen LogP contribution in [0.1, 0.15) is 32.2 Å². The third-order valence-electron chi connectivity index (χ3n) is 4.57. The van der Waals surface area contributed by atoms with Gasteiger partial charge in [-0.05, 0) is 29.2 Å². The number of hydrogen-bond acceptors (Lipinski definition) is 5. The molecule has 6 nitrogen and oxygen atoms in total. The number of fused-ring (bicyclic) bond motifs is 1. The molecule has 0 bridgehead atoms. The zero-order valence-electron chi connectivity index (χ0n) is 15.8. The topological polar surface area (TPSA) is 73.8 Å². The van der Waals surface area contributed by atoms with Gasteiger partial charge in [0.05, 0.1) is 17.2 Å². The highest BCUT2D eigenvalue weighted by Crippen LogP contribution is 2.25. The minimum atomic E-state index is -0.207. The standard InChI is InChI=1S/C21H19ClN4O2/c1-21(2,3)14-6-4-13(5-7-14)19-24-18(28-25-19)11-26-12-23-17-9-8-15(22)10-16(17)20(26)27/h4-10,12H,11H2,1-3H3. The van der Waals surface area contributed by atoms with Gasteiger partial charge in [0.15, 0.2) is 0 Å². The average Bonchev–Trinajstić information content (AvgIpc) is 3.12. The molecule has 0 saturated heterocycles. The van der Waals surface area contributed by atoms with E-state index >= 15 is 0 Å². The van der Waals surface area contributed by atoms with Crippen molar-refractivity contribution in [3.05, 3.63) is 75.6 Å². The first-order valence-corrected chi connectivity index (χ1v) is 9.27. The van der Waals surface area contributed by atoms with Crippen molar-refractivity contribution in [2.45, 2.75) is 32.7 Å². The largest absolute Gasteiger partial charge is 0.337 e. The van der Waals surface area contributed by atoms with E-state index in [1.54, 1.807) is 18.2 Å². The fourth-order valence-electron chi connectivity index (χ4n) is 2.95. The Hall–Kier alpha value is -2.99. The zero-order valence-corrected chi connectivity index (χ0v) is 16.6. The molecule has 0 spiro atoms. The number of hydrogen-bond donors (Lipinski definition) is 0. The molecule has 0 aliphatic carbocycles. The number of nitrogens with zero attached hydrogens (tertiary/aromatic N) is 4. The highest BCUT2D eigenvalue weighted by atomic mass is 35.5. The monoisotopic (exact) mass is 394 g/mol. The molecule has 0 N–H and O–H groups in total. The molecule has 142 valence electrons. The van der Waals surface area contributed by atoms with Crippen molar-refractivity contribution in [1.29, 1.82) is 0 Å². The molecule has 0 atom stereocenters. The Kier molecular flexibility index (Phi) is 4.51. The van der Waals surface area contributed by atoms with Crippen LogP contribution in [0.25, 0.3) is 22.3 Å². The van der Waals surface area contributed by atoms with Crippen molar-refractivity contribution in [3.63, 3.8) is 0 Å². The lowest BCUT2D eigenvalue weighted by Gasteiger charge is -2.18. The van der Waals surface area contributed by atoms with Crippen LogP contribution in [-0.2, 0) is 12.0 Å². The van der Waals surface area contributed by atoms with Gasteiger partial charge in [0.1, 0.15) is 6.54 Å². The smallest absolute Gasteiger partial charge is 0.261 e. The van der Waals surface area contributed by atoms with E-state index in [-0.39, 0.29) is 17.5 Å². The first-order valence-electron chi connectivity index (χ1n) is 8.89. The molecular weight excluding hydrogens is 376 g/mol. The fraction of sp³-hybridized carbons (Fsp3) is 0.238. The molecule has 0 radical (unpaired) electrons. The van der Waals surface area contributed by atoms with Gasteiger partial charge in [0, 0.05) is 10.6 Å². The minimum Gasteiger partial charge on any atom is -0.337 e. The van der Waals surface area contributed by atoms with Gasteiger partial charge in [0.25, 0.3) is 5.56 Å². The van der Waals surface area contributed by atoms with Crippen LogP contribution in [0.4, 0.5) is 0 Å². The van der Waals surface area contributed by atoms with Crippen LogP contribution >= 0.6 is 11.6 Å². The molecule has 2 aromatic heterocycles. The Morgan fingerprint density at radius 1 is 1.11 bits per heavy atom. The van der Waals surface area contributed by atoms with Gasteiger partial charge in [-0.15, -0.1) is 0 Å². The normalized spacial score (nSPS) is 11.9. The number of benzene rings is 2. The lowest BCUT2D eigenvalue weighted by atomic mass is 9.87. The summed E-state index contributed by atoms with van der Waals surface area (Å²) in [4.78, 5) is 21.4. The van der Waals surface area contributed by atoms with Crippen LogP contribution in [0.2, 0.25) is 5.02 Å². The van der Waals surface area contributed by atoms with Gasteiger partial charge < -0.3 is 4.52 Å². The summed E-state index contributed by atoms with van der Waals surface area (Å²) in [6, 6.07) is 13.1. The van der Waals surface area contributed by atoms with E-state index in [0.717, 1.165) is 5.56 Å². The maximum absolute atomic E-state index is 12.7. The van der Waals surface area contributed by atoms with Crippen LogP contribution in [0.5, 0.6) is 0 Å². The summed E-state index contributed by atoms with van der Waals surface area (Å²) >= 11 is 6.00. The Morgan fingerprint density at radius 2 is 1.86 bits per heavy atom. The summed E-state index contributed by atoms with van der Waals surface area (Å²) in [6.07, 6.45) is 1.47. The van der Waals surface area contributed by atoms with E-state index in [9.17, 15) is 4.79 Å². The van der Waals surface area contributed by atoms with Gasteiger partial charge in [-0.1, -0.05) is 61.8 Å². The molecule has 0 saturated carbocycles. The number of aromatic nitrogens is 4. The Balaban J connectivity index is 1.61. The molecule has 4 aromatic rings. The van der Waals surface area contributed by atoms with E-state index in [1.807, 2.05) is 12.1 Å². The van der Waals surface area contributed by atoms with Crippen molar-refractivity contribution in [2.75, 3.05) is 0 Å². The molecule has 28 heavy (non-hydrogen) atoms. The van der Waals surface area contributed by atoms with E-state index < -0.39 is 0 Å². The highest BCUT2D eigenvalue weighted by Gasteiger charge is 2.15. The third-order valence-corrected chi connectivity index (χ3v) is 4.80. The van der Waals surface area contributed by atoms with Crippen molar-refractivity contribution in [3.8, 4) is 11.4 Å². The van der Waals surface area contributed by atoms with E-state index in [2.05, 4.69) is 48.0 Å². The van der Waals surface area contributed by atoms with Crippen LogP contribution in [0.15, 0.2) is 58.1 Å². The maximum atomic E-state index is 12.7. The molecule has 2 heterocycles. The summed E-state index contributed by atoms with van der Waals surface area (Å²) in [5, 5.41) is 4.98. The summed E-state index contributed by atoms with van der Waals surface area (Å²) in [5.74, 6) is 0.820. The maximum Gasteiger partial charge on any atom is 0.261 e. The quantitative estimate of drug-likeness (QED) is 0.513. The second-order valence-corrected chi connectivity index (χ2v) is 8.11. The SMILES string of the molecule is CC(C)(C)c1ccc(-c2noc(Cn3cnc4ccc(Cl)cc4c3=O)n2)cc1. The average molecular weight is 395 g/mol. The predicted octanol–water partition coefficient (Wildman–Crippen LogP) is 4.45. The van der Waals surface area contributed by atoms with Gasteiger partial charge in [-0.25, -0.2) is 4.98 Å². The molecule has 0 aliphatic rings. The Bertz CT molecular complexity index is 1200. The molecule has 0 fully saturated rings. The van der Waals surface area contributed by atoms with Gasteiger partial charge in [-0.3, -0.25) is 9.36 Å². The first kappa shape index (κ1) is 18.4. The van der Waals surface area contributed by atoms with Crippen LogP contribution in [0, 0.1) is 0 Å². The molecule has 0 unspecified atom stereocenters. The Labute approximate surface area is 166 Å². The predicted molar refractivity (Wildman–Crippen MR) is 109 cm³/mol. The summed E-state index contributed by atoms with van der Waals surface area (Å²) < 4.78 is 6.77. The summed E-state index contributed by atoms with van der Waals surface area (Å²) in [5.41, 5.74) is 2.55.